The molecule has 0 aliphatic rings. The van der Waals surface area contributed by atoms with Gasteiger partial charge in [0.25, 0.3) is 0 Å². The number of imidazole rings is 1. The number of benzene rings is 2. The van der Waals surface area contributed by atoms with Gasteiger partial charge in [-0.15, -0.1) is 0 Å². The highest BCUT2D eigenvalue weighted by Gasteiger charge is 2.17. The second-order valence-electron chi connectivity index (χ2n) is 6.75. The predicted molar refractivity (Wildman–Crippen MR) is 116 cm³/mol. The lowest BCUT2D eigenvalue weighted by Crippen LogP contribution is -2.09. The van der Waals surface area contributed by atoms with Gasteiger partial charge < -0.3 is 10.6 Å². The van der Waals surface area contributed by atoms with Crippen molar-refractivity contribution < 1.29 is 4.39 Å². The Morgan fingerprint density at radius 1 is 1.00 bits per heavy atom. The van der Waals surface area contributed by atoms with Crippen LogP contribution >= 0.6 is 0 Å². The molecule has 0 aliphatic heterocycles. The smallest absolute Gasteiger partial charge is 0.225 e. The molecule has 2 heterocycles. The van der Waals surface area contributed by atoms with E-state index >= 15 is 0 Å². The van der Waals surface area contributed by atoms with E-state index in [1.807, 2.05) is 48.7 Å². The first-order valence-corrected chi connectivity index (χ1v) is 9.16. The van der Waals surface area contributed by atoms with Crippen LogP contribution in [-0.4, -0.2) is 19.5 Å². The van der Waals surface area contributed by atoms with Gasteiger partial charge in [0.15, 0.2) is 5.65 Å². The SMILES string of the molecule is C.CC(C)n1c(Nc2ccccc2F)nc2cnc(NCc3ccccc3)nc21. The quantitative estimate of drug-likeness (QED) is 0.451. The summed E-state index contributed by atoms with van der Waals surface area (Å²) in [5.41, 5.74) is 2.86. The van der Waals surface area contributed by atoms with Gasteiger partial charge in [-0.1, -0.05) is 49.9 Å². The Morgan fingerprint density at radius 2 is 1.72 bits per heavy atom. The normalized spacial score (nSPS) is 10.8. The first kappa shape index (κ1) is 20.3. The van der Waals surface area contributed by atoms with Crippen LogP contribution in [-0.2, 0) is 6.54 Å². The maximum absolute atomic E-state index is 14.1. The van der Waals surface area contributed by atoms with Crippen LogP contribution in [0.15, 0.2) is 60.8 Å². The van der Waals surface area contributed by atoms with E-state index in [0.717, 1.165) is 5.56 Å². The topological polar surface area (TPSA) is 67.7 Å². The van der Waals surface area contributed by atoms with Crippen molar-refractivity contribution in [2.75, 3.05) is 10.6 Å². The molecule has 4 rings (SSSR count). The minimum absolute atomic E-state index is 0. The lowest BCUT2D eigenvalue weighted by atomic mass is 10.2. The Balaban J connectivity index is 0.00000240. The number of rotatable bonds is 6. The zero-order valence-corrected chi connectivity index (χ0v) is 15.7. The van der Waals surface area contributed by atoms with Gasteiger partial charge in [-0.2, -0.15) is 4.98 Å². The Hall–Kier alpha value is -3.48. The summed E-state index contributed by atoms with van der Waals surface area (Å²) in [7, 11) is 0. The van der Waals surface area contributed by atoms with Crippen molar-refractivity contribution >= 4 is 28.7 Å². The maximum atomic E-state index is 14.1. The third-order valence-corrected chi connectivity index (χ3v) is 4.36. The summed E-state index contributed by atoms with van der Waals surface area (Å²) < 4.78 is 16.0. The van der Waals surface area contributed by atoms with Crippen molar-refractivity contribution in [1.29, 1.82) is 0 Å². The summed E-state index contributed by atoms with van der Waals surface area (Å²) in [6.45, 7) is 4.70. The molecule has 6 nitrogen and oxygen atoms in total. The lowest BCUT2D eigenvalue weighted by Gasteiger charge is -2.14. The van der Waals surface area contributed by atoms with Crippen molar-refractivity contribution in [3.8, 4) is 0 Å². The third kappa shape index (κ3) is 4.34. The van der Waals surface area contributed by atoms with Gasteiger partial charge in [0.05, 0.1) is 11.9 Å². The van der Waals surface area contributed by atoms with Crippen molar-refractivity contribution in [1.82, 2.24) is 19.5 Å². The average Bonchev–Trinajstić information content (AvgIpc) is 3.06. The molecule has 7 heteroatoms. The van der Waals surface area contributed by atoms with E-state index < -0.39 is 0 Å². The Labute approximate surface area is 169 Å². The Kier molecular flexibility index (Phi) is 6.07. The Morgan fingerprint density at radius 3 is 2.45 bits per heavy atom. The molecular formula is C22H25FN6. The minimum Gasteiger partial charge on any atom is -0.350 e. The number of halogens is 1. The first-order chi connectivity index (χ1) is 13.6. The lowest BCUT2D eigenvalue weighted by molar-refractivity contribution is 0.615. The number of hydrogen-bond acceptors (Lipinski definition) is 5. The molecule has 29 heavy (non-hydrogen) atoms. The van der Waals surface area contributed by atoms with Gasteiger partial charge in [-0.05, 0) is 31.5 Å². The van der Waals surface area contributed by atoms with E-state index in [9.17, 15) is 4.39 Å². The highest BCUT2D eigenvalue weighted by Crippen LogP contribution is 2.27. The van der Waals surface area contributed by atoms with Gasteiger partial charge in [-0.3, -0.25) is 4.57 Å². The van der Waals surface area contributed by atoms with Crippen LogP contribution < -0.4 is 10.6 Å². The molecule has 2 aromatic heterocycles. The molecule has 0 atom stereocenters. The standard InChI is InChI=1S/C21H21FN6.CH4/c1-14(2)28-19-18(26-21(28)25-17-11-7-6-10-16(17)22)13-24-20(27-19)23-12-15-8-4-3-5-9-15;/h3-11,13-14H,12H2,1-2H3,(H,25,26)(H,23,24,27);1H4. The van der Waals surface area contributed by atoms with Crippen LogP contribution in [0.4, 0.5) is 22.0 Å². The number of aromatic nitrogens is 4. The number of nitrogens with one attached hydrogen (secondary N) is 2. The second-order valence-corrected chi connectivity index (χ2v) is 6.75. The average molecular weight is 392 g/mol. The van der Waals surface area contributed by atoms with E-state index in [1.165, 1.54) is 6.07 Å². The van der Waals surface area contributed by atoms with E-state index in [2.05, 4.69) is 25.6 Å². The summed E-state index contributed by atoms with van der Waals surface area (Å²) in [6.07, 6.45) is 1.68. The largest absolute Gasteiger partial charge is 0.350 e. The number of nitrogens with zero attached hydrogens (tertiary/aromatic N) is 4. The predicted octanol–water partition coefficient (Wildman–Crippen LogP) is 5.54. The van der Waals surface area contributed by atoms with Gasteiger partial charge in [0, 0.05) is 12.6 Å². The molecule has 2 N–H and O–H groups in total. The van der Waals surface area contributed by atoms with Crippen molar-refractivity contribution in [3.63, 3.8) is 0 Å². The van der Waals surface area contributed by atoms with Gasteiger partial charge in [0.1, 0.15) is 11.3 Å². The second kappa shape index (κ2) is 8.68. The molecular weight excluding hydrogens is 367 g/mol. The van der Waals surface area contributed by atoms with Crippen molar-refractivity contribution in [3.05, 3.63) is 72.2 Å². The maximum Gasteiger partial charge on any atom is 0.225 e. The minimum atomic E-state index is -0.332. The fraction of sp³-hybridized carbons (Fsp3) is 0.227. The summed E-state index contributed by atoms with van der Waals surface area (Å²) in [5.74, 6) is 0.723. The summed E-state index contributed by atoms with van der Waals surface area (Å²) in [4.78, 5) is 13.6. The molecule has 0 saturated heterocycles. The molecule has 0 unspecified atom stereocenters. The fourth-order valence-corrected chi connectivity index (χ4v) is 3.01. The van der Waals surface area contributed by atoms with Crippen LogP contribution in [0.3, 0.4) is 0 Å². The highest BCUT2D eigenvalue weighted by molar-refractivity contribution is 5.76. The Bertz CT molecular complexity index is 1090. The van der Waals surface area contributed by atoms with E-state index in [0.29, 0.717) is 35.3 Å². The van der Waals surface area contributed by atoms with Crippen molar-refractivity contribution in [2.24, 2.45) is 0 Å². The molecule has 0 fully saturated rings. The molecule has 0 spiro atoms. The highest BCUT2D eigenvalue weighted by atomic mass is 19.1. The molecule has 0 amide bonds. The molecule has 0 aliphatic carbocycles. The van der Waals surface area contributed by atoms with Crippen LogP contribution in [0.2, 0.25) is 0 Å². The number of hydrogen-bond donors (Lipinski definition) is 2. The zero-order valence-electron chi connectivity index (χ0n) is 15.7. The number of fused-ring (bicyclic) bond motifs is 1. The molecule has 150 valence electrons. The third-order valence-electron chi connectivity index (χ3n) is 4.36. The van der Waals surface area contributed by atoms with Gasteiger partial charge >= 0.3 is 0 Å². The number of anilines is 3. The summed E-state index contributed by atoms with van der Waals surface area (Å²) in [5, 5.41) is 6.32. The van der Waals surface area contributed by atoms with E-state index in [1.54, 1.807) is 24.4 Å². The molecule has 0 saturated carbocycles. The molecule has 0 radical (unpaired) electrons. The zero-order chi connectivity index (χ0) is 19.5. The van der Waals surface area contributed by atoms with E-state index in [-0.39, 0.29) is 19.3 Å². The fourth-order valence-electron chi connectivity index (χ4n) is 3.01. The molecule has 2 aromatic carbocycles. The molecule has 4 aromatic rings. The van der Waals surface area contributed by atoms with Gasteiger partial charge in [0.2, 0.25) is 11.9 Å². The van der Waals surface area contributed by atoms with Crippen LogP contribution in [0, 0.1) is 5.82 Å². The number of para-hydroxylation sites is 1. The first-order valence-electron chi connectivity index (χ1n) is 9.16. The van der Waals surface area contributed by atoms with Crippen LogP contribution in [0.1, 0.15) is 32.9 Å². The van der Waals surface area contributed by atoms with Crippen LogP contribution in [0.25, 0.3) is 11.2 Å². The van der Waals surface area contributed by atoms with Gasteiger partial charge in [-0.25, -0.2) is 14.4 Å². The summed E-state index contributed by atoms with van der Waals surface area (Å²) >= 11 is 0. The van der Waals surface area contributed by atoms with Crippen molar-refractivity contribution in [2.45, 2.75) is 33.9 Å². The summed E-state index contributed by atoms with van der Waals surface area (Å²) in [6, 6.07) is 16.7. The van der Waals surface area contributed by atoms with E-state index in [4.69, 9.17) is 0 Å². The monoisotopic (exact) mass is 392 g/mol. The van der Waals surface area contributed by atoms with Crippen LogP contribution in [0.5, 0.6) is 0 Å². The molecule has 0 bridgehead atoms.